The van der Waals surface area contributed by atoms with Crippen molar-refractivity contribution in [2.75, 3.05) is 5.32 Å². The van der Waals surface area contributed by atoms with Crippen LogP contribution in [0.15, 0.2) is 54.4 Å². The van der Waals surface area contributed by atoms with Gasteiger partial charge in [0.1, 0.15) is 11.5 Å². The normalized spacial score (nSPS) is 27.8. The molecule has 5 nitrogen and oxygen atoms in total. The smallest absolute Gasteiger partial charge is 0.139 e. The number of allylic oxidation sites excluding steroid dienone is 2. The number of rotatable bonds is 7. The SMILES string of the molecule is CC(=N)/C(=C(/C)O)c1ccn2c(NC34CC5CC(CC(C5)C3)C4)c(CCc3ccccc3)nc2c1. The first-order valence-corrected chi connectivity index (χ1v) is 13.2. The lowest BCUT2D eigenvalue weighted by Crippen LogP contribution is -2.55. The van der Waals surface area contributed by atoms with E-state index in [0.717, 1.165) is 53.3 Å². The van der Waals surface area contributed by atoms with Gasteiger partial charge < -0.3 is 15.8 Å². The highest BCUT2D eigenvalue weighted by Gasteiger charge is 2.51. The number of anilines is 1. The molecule has 2 aromatic heterocycles. The Kier molecular flexibility index (Phi) is 5.46. The molecular weight excluding hydrogens is 432 g/mol. The van der Waals surface area contributed by atoms with Crippen LogP contribution in [-0.4, -0.2) is 25.7 Å². The number of aliphatic hydroxyl groups is 1. The molecule has 7 rings (SSSR count). The van der Waals surface area contributed by atoms with Crippen molar-refractivity contribution in [3.63, 3.8) is 0 Å². The van der Waals surface area contributed by atoms with E-state index >= 15 is 0 Å². The molecule has 4 aliphatic carbocycles. The lowest BCUT2D eigenvalue weighted by Gasteiger charge is -2.57. The van der Waals surface area contributed by atoms with Crippen LogP contribution in [0.25, 0.3) is 11.2 Å². The van der Waals surface area contributed by atoms with Gasteiger partial charge in [0.25, 0.3) is 0 Å². The predicted molar refractivity (Wildman–Crippen MR) is 142 cm³/mol. The minimum Gasteiger partial charge on any atom is -0.512 e. The van der Waals surface area contributed by atoms with Crippen LogP contribution in [-0.2, 0) is 12.8 Å². The number of hydrogen-bond donors (Lipinski definition) is 3. The number of pyridine rings is 1. The zero-order valence-corrected chi connectivity index (χ0v) is 20.8. The minimum absolute atomic E-state index is 0.171. The van der Waals surface area contributed by atoms with E-state index in [-0.39, 0.29) is 11.3 Å². The zero-order chi connectivity index (χ0) is 24.2. The summed E-state index contributed by atoms with van der Waals surface area (Å²) in [5, 5.41) is 22.5. The molecule has 0 radical (unpaired) electrons. The lowest BCUT2D eigenvalue weighted by molar-refractivity contribution is 0.0105. The molecule has 0 atom stereocenters. The zero-order valence-electron chi connectivity index (χ0n) is 20.8. The highest BCUT2D eigenvalue weighted by Crippen LogP contribution is 2.56. The number of hydrogen-bond acceptors (Lipinski definition) is 4. The Balaban J connectivity index is 1.39. The molecule has 0 aliphatic heterocycles. The van der Waals surface area contributed by atoms with E-state index in [0.29, 0.717) is 11.3 Å². The summed E-state index contributed by atoms with van der Waals surface area (Å²) >= 11 is 0. The quantitative estimate of drug-likeness (QED) is 0.263. The van der Waals surface area contributed by atoms with Gasteiger partial charge in [-0.2, -0.15) is 0 Å². The summed E-state index contributed by atoms with van der Waals surface area (Å²) in [6.07, 6.45) is 12.0. The van der Waals surface area contributed by atoms with Crippen molar-refractivity contribution in [1.82, 2.24) is 9.38 Å². The molecule has 1 aromatic carbocycles. The second kappa shape index (κ2) is 8.54. The van der Waals surface area contributed by atoms with Crippen molar-refractivity contribution in [2.45, 2.75) is 70.8 Å². The lowest BCUT2D eigenvalue weighted by atomic mass is 9.53. The third-order valence-corrected chi connectivity index (χ3v) is 8.64. The standard InChI is InChI=1S/C30H36N4O/c1-19(31)28(20(2)35)25-10-11-34-27(15-25)32-26(9-8-21-6-4-3-5-7-21)29(34)33-30-16-22-12-23(17-30)14-24(13-22)18-30/h3-7,10-11,15,22-24,31,33,35H,8-9,12-14,16-18H2,1-2H3/b28-20+,31-19?. The van der Waals surface area contributed by atoms with Gasteiger partial charge in [-0.3, -0.25) is 4.40 Å². The molecule has 182 valence electrons. The molecule has 35 heavy (non-hydrogen) atoms. The van der Waals surface area contributed by atoms with E-state index < -0.39 is 0 Å². The average Bonchev–Trinajstić information content (AvgIpc) is 3.13. The van der Waals surface area contributed by atoms with Gasteiger partial charge in [-0.1, -0.05) is 30.3 Å². The van der Waals surface area contributed by atoms with Crippen molar-refractivity contribution in [2.24, 2.45) is 17.8 Å². The first-order chi connectivity index (χ1) is 16.9. The van der Waals surface area contributed by atoms with Gasteiger partial charge in [-0.25, -0.2) is 4.98 Å². The molecule has 0 saturated heterocycles. The van der Waals surface area contributed by atoms with Gasteiger partial charge >= 0.3 is 0 Å². The summed E-state index contributed by atoms with van der Waals surface area (Å²) < 4.78 is 2.20. The maximum Gasteiger partial charge on any atom is 0.139 e. The number of nitrogens with zero attached hydrogens (tertiary/aromatic N) is 2. The van der Waals surface area contributed by atoms with E-state index in [1.807, 2.05) is 12.1 Å². The van der Waals surface area contributed by atoms with Crippen LogP contribution in [0.1, 0.15) is 69.2 Å². The van der Waals surface area contributed by atoms with E-state index in [2.05, 4.69) is 46.2 Å². The van der Waals surface area contributed by atoms with Gasteiger partial charge in [0.2, 0.25) is 0 Å². The van der Waals surface area contributed by atoms with Gasteiger partial charge in [-0.05, 0) is 106 Å². The summed E-state index contributed by atoms with van der Waals surface area (Å²) in [5.74, 6) is 3.95. The number of aromatic nitrogens is 2. The van der Waals surface area contributed by atoms with Gasteiger partial charge in [-0.15, -0.1) is 0 Å². The Labute approximate surface area is 207 Å². The first-order valence-electron chi connectivity index (χ1n) is 13.2. The molecule has 5 heteroatoms. The van der Waals surface area contributed by atoms with Crippen LogP contribution >= 0.6 is 0 Å². The molecule has 0 amide bonds. The van der Waals surface area contributed by atoms with Crippen LogP contribution in [0.2, 0.25) is 0 Å². The Hall–Kier alpha value is -3.08. The Bertz CT molecular complexity index is 1260. The molecule has 4 aliphatic rings. The summed E-state index contributed by atoms with van der Waals surface area (Å²) in [6.45, 7) is 3.37. The summed E-state index contributed by atoms with van der Waals surface area (Å²) in [5.41, 5.74) is 5.28. The van der Waals surface area contributed by atoms with Crippen molar-refractivity contribution in [3.8, 4) is 0 Å². The minimum atomic E-state index is 0.171. The van der Waals surface area contributed by atoms with E-state index in [1.165, 1.54) is 44.1 Å². The molecule has 4 bridgehead atoms. The Morgan fingerprint density at radius 1 is 1.03 bits per heavy atom. The summed E-state index contributed by atoms with van der Waals surface area (Å²) in [7, 11) is 0. The van der Waals surface area contributed by atoms with Crippen molar-refractivity contribution < 1.29 is 5.11 Å². The van der Waals surface area contributed by atoms with Crippen molar-refractivity contribution in [1.29, 1.82) is 5.41 Å². The first kappa shape index (κ1) is 22.4. The molecule has 2 heterocycles. The van der Waals surface area contributed by atoms with Crippen LogP contribution in [0.3, 0.4) is 0 Å². The topological polar surface area (TPSA) is 73.4 Å². The molecule has 4 fully saturated rings. The van der Waals surface area contributed by atoms with Crippen molar-refractivity contribution >= 4 is 22.7 Å². The van der Waals surface area contributed by atoms with Gasteiger partial charge in [0.05, 0.1) is 11.5 Å². The molecule has 3 aromatic rings. The molecular formula is C30H36N4O. The fraction of sp³-hybridized carbons (Fsp3) is 0.467. The van der Waals surface area contributed by atoms with Crippen LogP contribution in [0.5, 0.6) is 0 Å². The number of fused-ring (bicyclic) bond motifs is 1. The van der Waals surface area contributed by atoms with Crippen LogP contribution in [0, 0.1) is 23.2 Å². The fourth-order valence-electron chi connectivity index (χ4n) is 7.67. The fourth-order valence-corrected chi connectivity index (χ4v) is 7.67. The number of aryl methyl sites for hydroxylation is 2. The Morgan fingerprint density at radius 2 is 1.69 bits per heavy atom. The van der Waals surface area contributed by atoms with Gasteiger partial charge in [0.15, 0.2) is 0 Å². The average molecular weight is 469 g/mol. The maximum absolute atomic E-state index is 10.2. The summed E-state index contributed by atoms with van der Waals surface area (Å²) in [6, 6.07) is 14.7. The summed E-state index contributed by atoms with van der Waals surface area (Å²) in [4.78, 5) is 5.11. The molecule has 3 N–H and O–H groups in total. The number of aliphatic hydroxyl groups excluding tert-OH is 1. The third kappa shape index (κ3) is 4.15. The number of benzene rings is 1. The number of imidazole rings is 1. The highest BCUT2D eigenvalue weighted by atomic mass is 16.3. The Morgan fingerprint density at radius 3 is 2.29 bits per heavy atom. The highest BCUT2D eigenvalue weighted by molar-refractivity contribution is 6.21. The predicted octanol–water partition coefficient (Wildman–Crippen LogP) is 6.83. The third-order valence-electron chi connectivity index (χ3n) is 8.64. The second-order valence-corrected chi connectivity index (χ2v) is 11.4. The maximum atomic E-state index is 10.2. The molecule has 4 saturated carbocycles. The van der Waals surface area contributed by atoms with E-state index in [9.17, 15) is 5.11 Å². The number of nitrogens with one attached hydrogen (secondary N) is 2. The van der Waals surface area contributed by atoms with Crippen LogP contribution in [0.4, 0.5) is 5.82 Å². The van der Waals surface area contributed by atoms with Crippen LogP contribution < -0.4 is 5.32 Å². The van der Waals surface area contributed by atoms with E-state index in [4.69, 9.17) is 10.4 Å². The monoisotopic (exact) mass is 468 g/mol. The van der Waals surface area contributed by atoms with Gasteiger partial charge in [0, 0.05) is 23.0 Å². The molecule has 0 spiro atoms. The largest absolute Gasteiger partial charge is 0.512 e. The van der Waals surface area contributed by atoms with Crippen molar-refractivity contribution in [3.05, 3.63) is 71.2 Å². The molecule has 0 unspecified atom stereocenters. The van der Waals surface area contributed by atoms with E-state index in [1.54, 1.807) is 13.8 Å². The second-order valence-electron chi connectivity index (χ2n) is 11.4.